The van der Waals surface area contributed by atoms with Crippen molar-refractivity contribution in [2.75, 3.05) is 0 Å². The number of rotatable bonds is 4. The maximum Gasteiger partial charge on any atom is 0.307 e. The van der Waals surface area contributed by atoms with Gasteiger partial charge in [-0.1, -0.05) is 26.2 Å². The molecule has 0 aromatic carbocycles. The highest BCUT2D eigenvalue weighted by molar-refractivity contribution is 7.81. The molecule has 0 saturated heterocycles. The van der Waals surface area contributed by atoms with E-state index in [1.807, 2.05) is 12.1 Å². The van der Waals surface area contributed by atoms with Gasteiger partial charge in [0, 0.05) is 12.3 Å². The van der Waals surface area contributed by atoms with Gasteiger partial charge in [-0.05, 0) is 25.0 Å². The molecule has 0 radical (unpaired) electrons. The van der Waals surface area contributed by atoms with Gasteiger partial charge in [-0.25, -0.2) is 0 Å². The molecular formula is C14H20O3S. The van der Waals surface area contributed by atoms with Crippen LogP contribution in [0.1, 0.15) is 51.2 Å². The van der Waals surface area contributed by atoms with Crippen LogP contribution in [0.5, 0.6) is 0 Å². The average molecular weight is 268 g/mol. The fourth-order valence-corrected chi connectivity index (χ4v) is 3.04. The van der Waals surface area contributed by atoms with E-state index in [4.69, 9.17) is 9.15 Å². The lowest BCUT2D eigenvalue weighted by atomic mass is 9.83. The number of esters is 1. The summed E-state index contributed by atoms with van der Waals surface area (Å²) < 4.78 is 11.0. The second kappa shape index (κ2) is 5.83. The zero-order chi connectivity index (χ0) is 13.0. The van der Waals surface area contributed by atoms with Gasteiger partial charge in [-0.2, -0.15) is 0 Å². The molecule has 0 N–H and O–H groups in total. The fourth-order valence-electron chi connectivity index (χ4n) is 2.56. The van der Waals surface area contributed by atoms with Crippen LogP contribution < -0.4 is 0 Å². The Balaban J connectivity index is 2.23. The van der Waals surface area contributed by atoms with Crippen LogP contribution >= 0.6 is 12.6 Å². The SMILES string of the molecule is CCC(=O)O[C@@](S)(c1ccco1)C1CCCCC1. The van der Waals surface area contributed by atoms with Crippen molar-refractivity contribution in [1.82, 2.24) is 0 Å². The zero-order valence-electron chi connectivity index (χ0n) is 10.7. The molecule has 0 spiro atoms. The molecule has 4 heteroatoms. The Morgan fingerprint density at radius 1 is 1.50 bits per heavy atom. The van der Waals surface area contributed by atoms with Gasteiger partial charge in [-0.15, -0.1) is 12.6 Å². The minimum Gasteiger partial charge on any atom is -0.464 e. The Kier molecular flexibility index (Phi) is 4.38. The fraction of sp³-hybridized carbons (Fsp3) is 0.643. The number of hydrogen-bond acceptors (Lipinski definition) is 4. The molecule has 1 aliphatic carbocycles. The summed E-state index contributed by atoms with van der Waals surface area (Å²) in [5.41, 5.74) is 0. The largest absolute Gasteiger partial charge is 0.464 e. The predicted molar refractivity (Wildman–Crippen MR) is 72.3 cm³/mol. The Hall–Kier alpha value is -0.900. The van der Waals surface area contributed by atoms with Crippen molar-refractivity contribution in [2.45, 2.75) is 50.4 Å². The van der Waals surface area contributed by atoms with E-state index < -0.39 is 4.93 Å². The first-order valence-corrected chi connectivity index (χ1v) is 7.09. The first kappa shape index (κ1) is 13.5. The monoisotopic (exact) mass is 268 g/mol. The summed E-state index contributed by atoms with van der Waals surface area (Å²) in [5.74, 6) is 0.641. The second-order valence-corrected chi connectivity index (χ2v) is 5.50. The third-order valence-electron chi connectivity index (χ3n) is 3.59. The van der Waals surface area contributed by atoms with Crippen LogP contribution in [0.2, 0.25) is 0 Å². The number of furan rings is 1. The molecule has 1 aromatic rings. The first-order valence-electron chi connectivity index (χ1n) is 6.65. The van der Waals surface area contributed by atoms with E-state index in [0.29, 0.717) is 12.2 Å². The van der Waals surface area contributed by atoms with Gasteiger partial charge in [0.05, 0.1) is 6.26 Å². The molecule has 0 unspecified atom stereocenters. The molecular weight excluding hydrogens is 248 g/mol. The van der Waals surface area contributed by atoms with Gasteiger partial charge in [0.25, 0.3) is 0 Å². The molecule has 1 aliphatic rings. The summed E-state index contributed by atoms with van der Waals surface area (Å²) in [6.07, 6.45) is 7.59. The van der Waals surface area contributed by atoms with E-state index in [2.05, 4.69) is 12.6 Å². The van der Waals surface area contributed by atoms with Crippen LogP contribution in [-0.4, -0.2) is 5.97 Å². The predicted octanol–water partition coefficient (Wildman–Crippen LogP) is 3.90. The van der Waals surface area contributed by atoms with E-state index in [-0.39, 0.29) is 11.9 Å². The molecule has 0 amide bonds. The van der Waals surface area contributed by atoms with Gasteiger partial charge in [0.1, 0.15) is 0 Å². The van der Waals surface area contributed by atoms with Crippen LogP contribution in [0.15, 0.2) is 22.8 Å². The van der Waals surface area contributed by atoms with Gasteiger partial charge < -0.3 is 9.15 Å². The summed E-state index contributed by atoms with van der Waals surface area (Å²) in [6, 6.07) is 3.65. The van der Waals surface area contributed by atoms with Crippen molar-refractivity contribution in [1.29, 1.82) is 0 Å². The molecule has 2 rings (SSSR count). The topological polar surface area (TPSA) is 39.4 Å². The first-order chi connectivity index (χ1) is 8.66. The average Bonchev–Trinajstić information content (AvgIpc) is 2.94. The lowest BCUT2D eigenvalue weighted by Gasteiger charge is -2.36. The molecule has 0 bridgehead atoms. The van der Waals surface area contributed by atoms with Crippen molar-refractivity contribution < 1.29 is 13.9 Å². The number of thiol groups is 1. The molecule has 100 valence electrons. The van der Waals surface area contributed by atoms with Crippen LogP contribution in [0, 0.1) is 5.92 Å². The normalized spacial score (nSPS) is 20.3. The van der Waals surface area contributed by atoms with Gasteiger partial charge in [0.15, 0.2) is 5.76 Å². The van der Waals surface area contributed by atoms with Gasteiger partial charge in [-0.3, -0.25) is 4.79 Å². The summed E-state index contributed by atoms with van der Waals surface area (Å²) in [6.45, 7) is 1.79. The summed E-state index contributed by atoms with van der Waals surface area (Å²) in [7, 11) is 0. The summed E-state index contributed by atoms with van der Waals surface area (Å²) in [4.78, 5) is 10.7. The quantitative estimate of drug-likeness (QED) is 0.511. The standard InChI is InChI=1S/C14H20O3S/c1-2-13(15)17-14(18,12-9-6-10-16-12)11-7-4-3-5-8-11/h6,9-11,18H,2-5,7-8H2,1H3/t14-/m0/s1. The summed E-state index contributed by atoms with van der Waals surface area (Å²) in [5, 5.41) is 0. The Labute approximate surface area is 113 Å². The van der Waals surface area contributed by atoms with E-state index in [9.17, 15) is 4.79 Å². The van der Waals surface area contributed by atoms with Gasteiger partial charge >= 0.3 is 5.97 Å². The van der Waals surface area contributed by atoms with Crippen molar-refractivity contribution in [3.8, 4) is 0 Å². The van der Waals surface area contributed by atoms with E-state index in [1.54, 1.807) is 13.2 Å². The van der Waals surface area contributed by atoms with Crippen molar-refractivity contribution >= 4 is 18.6 Å². The second-order valence-electron chi connectivity index (χ2n) is 4.84. The molecule has 1 atom stereocenters. The van der Waals surface area contributed by atoms with Crippen molar-refractivity contribution in [3.05, 3.63) is 24.2 Å². The van der Waals surface area contributed by atoms with E-state index in [0.717, 1.165) is 25.7 Å². The number of carbonyl (C=O) groups is 1. The van der Waals surface area contributed by atoms with E-state index in [1.165, 1.54) is 6.42 Å². The van der Waals surface area contributed by atoms with Crippen molar-refractivity contribution in [2.24, 2.45) is 5.92 Å². The van der Waals surface area contributed by atoms with Gasteiger partial charge in [0.2, 0.25) is 4.93 Å². The highest BCUT2D eigenvalue weighted by atomic mass is 32.1. The molecule has 1 saturated carbocycles. The van der Waals surface area contributed by atoms with Crippen LogP contribution in [-0.2, 0) is 14.5 Å². The highest BCUT2D eigenvalue weighted by Crippen LogP contribution is 2.45. The maximum absolute atomic E-state index is 11.7. The summed E-state index contributed by atoms with van der Waals surface area (Å²) >= 11 is 4.67. The van der Waals surface area contributed by atoms with Crippen LogP contribution in [0.3, 0.4) is 0 Å². The lowest BCUT2D eigenvalue weighted by molar-refractivity contribution is -0.158. The van der Waals surface area contributed by atoms with E-state index >= 15 is 0 Å². The molecule has 3 nitrogen and oxygen atoms in total. The lowest BCUT2D eigenvalue weighted by Crippen LogP contribution is -2.35. The van der Waals surface area contributed by atoms with Crippen molar-refractivity contribution in [3.63, 3.8) is 0 Å². The highest BCUT2D eigenvalue weighted by Gasteiger charge is 2.43. The molecule has 1 fully saturated rings. The third kappa shape index (κ3) is 2.74. The molecule has 1 heterocycles. The number of ether oxygens (including phenoxy) is 1. The zero-order valence-corrected chi connectivity index (χ0v) is 11.6. The third-order valence-corrected chi connectivity index (χ3v) is 4.27. The van der Waals surface area contributed by atoms with Crippen LogP contribution in [0.25, 0.3) is 0 Å². The maximum atomic E-state index is 11.7. The molecule has 0 aliphatic heterocycles. The number of carbonyl (C=O) groups excluding carboxylic acids is 1. The van der Waals surface area contributed by atoms with Crippen LogP contribution in [0.4, 0.5) is 0 Å². The smallest absolute Gasteiger partial charge is 0.307 e. The number of hydrogen-bond donors (Lipinski definition) is 1. The minimum absolute atomic E-state index is 0.230. The minimum atomic E-state index is -0.906. The Bertz CT molecular complexity index is 382. The molecule has 18 heavy (non-hydrogen) atoms. The molecule has 1 aromatic heterocycles. The Morgan fingerprint density at radius 3 is 2.78 bits per heavy atom. The Morgan fingerprint density at radius 2 is 2.22 bits per heavy atom.